The summed E-state index contributed by atoms with van der Waals surface area (Å²) in [5, 5.41) is 5.19. The second-order valence-electron chi connectivity index (χ2n) is 5.76. The molecule has 1 aliphatic carbocycles. The smallest absolute Gasteiger partial charge is 0.253 e. The third kappa shape index (κ3) is 2.63. The molecule has 2 heterocycles. The molecule has 5 nitrogen and oxygen atoms in total. The molecule has 0 N–H and O–H groups in total. The molecule has 24 heavy (non-hydrogen) atoms. The number of ketones is 1. The van der Waals surface area contributed by atoms with Gasteiger partial charge in [-0.15, -0.1) is 11.7 Å². The SMILES string of the molecule is C=CCSc1nc2ncc3c(n2n1)CC(c1ccccc1)CC3=O. The van der Waals surface area contributed by atoms with Crippen LogP contribution in [-0.2, 0) is 6.42 Å². The van der Waals surface area contributed by atoms with Crippen LogP contribution in [0.1, 0.15) is 34.0 Å². The van der Waals surface area contributed by atoms with E-state index in [0.29, 0.717) is 22.9 Å². The molecule has 2 aromatic heterocycles. The lowest BCUT2D eigenvalue weighted by molar-refractivity contribution is 0.0962. The number of carbonyl (C=O) groups is 1. The Hall–Kier alpha value is -2.47. The van der Waals surface area contributed by atoms with Gasteiger partial charge in [-0.3, -0.25) is 4.79 Å². The number of nitrogens with zero attached hydrogens (tertiary/aromatic N) is 4. The first-order valence-corrected chi connectivity index (χ1v) is 8.81. The Morgan fingerprint density at radius 3 is 2.92 bits per heavy atom. The van der Waals surface area contributed by atoms with E-state index in [0.717, 1.165) is 17.9 Å². The highest BCUT2D eigenvalue weighted by molar-refractivity contribution is 7.99. The summed E-state index contributed by atoms with van der Waals surface area (Å²) < 4.78 is 1.73. The first-order chi connectivity index (χ1) is 11.8. The molecule has 0 saturated carbocycles. The Balaban J connectivity index is 1.77. The van der Waals surface area contributed by atoms with E-state index in [4.69, 9.17) is 0 Å². The van der Waals surface area contributed by atoms with E-state index in [1.54, 1.807) is 10.7 Å². The zero-order valence-electron chi connectivity index (χ0n) is 13.1. The molecule has 0 aliphatic heterocycles. The van der Waals surface area contributed by atoms with Crippen LogP contribution >= 0.6 is 11.8 Å². The van der Waals surface area contributed by atoms with Gasteiger partial charge in [0.15, 0.2) is 5.78 Å². The van der Waals surface area contributed by atoms with Gasteiger partial charge in [0, 0.05) is 18.4 Å². The minimum absolute atomic E-state index is 0.121. The van der Waals surface area contributed by atoms with Crippen LogP contribution in [-0.4, -0.2) is 31.1 Å². The molecule has 1 unspecified atom stereocenters. The van der Waals surface area contributed by atoms with Crippen molar-refractivity contribution >= 4 is 23.3 Å². The lowest BCUT2D eigenvalue weighted by Crippen LogP contribution is -2.22. The van der Waals surface area contributed by atoms with Crippen molar-refractivity contribution in [3.8, 4) is 0 Å². The fourth-order valence-electron chi connectivity index (χ4n) is 3.09. The van der Waals surface area contributed by atoms with Crippen LogP contribution < -0.4 is 0 Å². The maximum atomic E-state index is 12.6. The van der Waals surface area contributed by atoms with Gasteiger partial charge in [0.25, 0.3) is 5.78 Å². The second kappa shape index (κ2) is 6.20. The van der Waals surface area contributed by atoms with Crippen molar-refractivity contribution < 1.29 is 4.79 Å². The van der Waals surface area contributed by atoms with E-state index in [2.05, 4.69) is 33.8 Å². The zero-order chi connectivity index (χ0) is 16.5. The number of thioether (sulfide) groups is 1. The molecule has 120 valence electrons. The van der Waals surface area contributed by atoms with Crippen molar-refractivity contribution in [2.75, 3.05) is 5.75 Å². The fourth-order valence-corrected chi connectivity index (χ4v) is 3.64. The van der Waals surface area contributed by atoms with Gasteiger partial charge < -0.3 is 0 Å². The highest BCUT2D eigenvalue weighted by atomic mass is 32.2. The average molecular weight is 336 g/mol. The van der Waals surface area contributed by atoms with Crippen molar-refractivity contribution in [2.24, 2.45) is 0 Å². The number of hydrogen-bond acceptors (Lipinski definition) is 5. The maximum Gasteiger partial charge on any atom is 0.253 e. The molecule has 0 bridgehead atoms. The summed E-state index contributed by atoms with van der Waals surface area (Å²) in [6.45, 7) is 3.71. The Kier molecular flexibility index (Phi) is 3.90. The monoisotopic (exact) mass is 336 g/mol. The van der Waals surface area contributed by atoms with Gasteiger partial charge in [-0.05, 0) is 17.9 Å². The Labute approximate surface area is 143 Å². The molecule has 0 fully saturated rings. The number of carbonyl (C=O) groups excluding carboxylic acids is 1. The third-order valence-electron chi connectivity index (χ3n) is 4.22. The van der Waals surface area contributed by atoms with Gasteiger partial charge in [0.2, 0.25) is 5.16 Å². The summed E-state index contributed by atoms with van der Waals surface area (Å²) in [4.78, 5) is 21.3. The zero-order valence-corrected chi connectivity index (χ0v) is 13.9. The van der Waals surface area contributed by atoms with Crippen molar-refractivity contribution in [3.63, 3.8) is 0 Å². The van der Waals surface area contributed by atoms with E-state index in [-0.39, 0.29) is 11.7 Å². The molecule has 4 rings (SSSR count). The number of fused-ring (bicyclic) bond motifs is 3. The molecule has 0 radical (unpaired) electrons. The summed E-state index contributed by atoms with van der Waals surface area (Å²) in [5.74, 6) is 1.58. The molecule has 0 amide bonds. The van der Waals surface area contributed by atoms with Crippen LogP contribution in [0.4, 0.5) is 0 Å². The quantitative estimate of drug-likeness (QED) is 0.540. The van der Waals surface area contributed by atoms with Crippen LogP contribution in [0.5, 0.6) is 0 Å². The van der Waals surface area contributed by atoms with Crippen LogP contribution in [0.15, 0.2) is 54.3 Å². The summed E-state index contributed by atoms with van der Waals surface area (Å²) in [6.07, 6.45) is 4.73. The van der Waals surface area contributed by atoms with E-state index in [1.165, 1.54) is 17.3 Å². The molecule has 1 aromatic carbocycles. The number of rotatable bonds is 4. The van der Waals surface area contributed by atoms with Gasteiger partial charge in [-0.25, -0.2) is 4.98 Å². The summed E-state index contributed by atoms with van der Waals surface area (Å²) in [7, 11) is 0. The van der Waals surface area contributed by atoms with Gasteiger partial charge >= 0.3 is 0 Å². The average Bonchev–Trinajstić information content (AvgIpc) is 3.04. The van der Waals surface area contributed by atoms with Gasteiger partial charge in [0.05, 0.1) is 11.3 Å². The summed E-state index contributed by atoms with van der Waals surface area (Å²) in [6, 6.07) is 10.2. The van der Waals surface area contributed by atoms with E-state index >= 15 is 0 Å². The van der Waals surface area contributed by atoms with Crippen molar-refractivity contribution in [2.45, 2.75) is 23.9 Å². The summed E-state index contributed by atoms with van der Waals surface area (Å²) >= 11 is 1.51. The predicted octanol–water partition coefficient (Wildman–Crippen LogP) is 3.32. The number of aromatic nitrogens is 4. The molecule has 6 heteroatoms. The number of hydrogen-bond donors (Lipinski definition) is 0. The first-order valence-electron chi connectivity index (χ1n) is 7.82. The van der Waals surface area contributed by atoms with Crippen molar-refractivity contribution in [3.05, 3.63) is 66.0 Å². The largest absolute Gasteiger partial charge is 0.294 e. The lowest BCUT2D eigenvalue weighted by atomic mass is 9.82. The fraction of sp³-hybridized carbons (Fsp3) is 0.222. The van der Waals surface area contributed by atoms with Crippen LogP contribution in [0, 0.1) is 0 Å². The van der Waals surface area contributed by atoms with Gasteiger partial charge in [-0.1, -0.05) is 48.2 Å². The highest BCUT2D eigenvalue weighted by Crippen LogP contribution is 2.32. The Bertz CT molecular complexity index is 919. The highest BCUT2D eigenvalue weighted by Gasteiger charge is 2.29. The molecular weight excluding hydrogens is 320 g/mol. The molecule has 1 atom stereocenters. The number of Topliss-reactive ketones (excluding diaryl/α,β-unsaturated/α-hetero) is 1. The molecule has 1 aliphatic rings. The van der Waals surface area contributed by atoms with Gasteiger partial charge in [0.1, 0.15) is 0 Å². The molecule has 0 spiro atoms. The van der Waals surface area contributed by atoms with Crippen molar-refractivity contribution in [1.82, 2.24) is 19.6 Å². The molecule has 3 aromatic rings. The van der Waals surface area contributed by atoms with Gasteiger partial charge in [-0.2, -0.15) is 9.50 Å². The topological polar surface area (TPSA) is 60.1 Å². The summed E-state index contributed by atoms with van der Waals surface area (Å²) in [5.41, 5.74) is 2.76. The number of benzene rings is 1. The van der Waals surface area contributed by atoms with Crippen molar-refractivity contribution in [1.29, 1.82) is 0 Å². The lowest BCUT2D eigenvalue weighted by Gasteiger charge is -2.23. The van der Waals surface area contributed by atoms with Crippen LogP contribution in [0.3, 0.4) is 0 Å². The van der Waals surface area contributed by atoms with Crippen LogP contribution in [0.2, 0.25) is 0 Å². The normalized spacial score (nSPS) is 17.0. The Morgan fingerprint density at radius 1 is 1.29 bits per heavy atom. The molecular formula is C18H16N4OS. The third-order valence-corrected chi connectivity index (χ3v) is 5.05. The van der Waals surface area contributed by atoms with E-state index < -0.39 is 0 Å². The predicted molar refractivity (Wildman–Crippen MR) is 93.5 cm³/mol. The molecule has 0 saturated heterocycles. The standard InChI is InChI=1S/C18H16N4OS/c1-2-8-24-18-20-17-19-11-14-15(22(17)21-18)9-13(10-16(14)23)12-6-4-3-5-7-12/h2-7,11,13H,1,8-10H2. The minimum Gasteiger partial charge on any atom is -0.294 e. The first kappa shape index (κ1) is 15.1. The maximum absolute atomic E-state index is 12.6. The van der Waals surface area contributed by atoms with Crippen LogP contribution in [0.25, 0.3) is 5.78 Å². The Morgan fingerprint density at radius 2 is 2.12 bits per heavy atom. The van der Waals surface area contributed by atoms with E-state index in [1.807, 2.05) is 24.3 Å². The van der Waals surface area contributed by atoms with E-state index in [9.17, 15) is 4.79 Å². The second-order valence-corrected chi connectivity index (χ2v) is 6.75. The minimum atomic E-state index is 0.121.